The van der Waals surface area contributed by atoms with Crippen LogP contribution in [-0.2, 0) is 9.84 Å². The van der Waals surface area contributed by atoms with Crippen LogP contribution >= 0.6 is 27.7 Å². The molecule has 0 saturated carbocycles. The predicted molar refractivity (Wildman–Crippen MR) is 83.2 cm³/mol. The molecule has 0 heterocycles. The molecule has 0 bridgehead atoms. The van der Waals surface area contributed by atoms with E-state index in [-0.39, 0.29) is 4.90 Å². The van der Waals surface area contributed by atoms with E-state index in [1.807, 2.05) is 12.1 Å². The van der Waals surface area contributed by atoms with Gasteiger partial charge >= 0.3 is 0 Å². The minimum atomic E-state index is -3.18. The Morgan fingerprint density at radius 1 is 1.10 bits per heavy atom. The maximum Gasteiger partial charge on any atom is 0.175 e. The lowest BCUT2D eigenvalue weighted by molar-refractivity contribution is 0.112. The number of benzene rings is 2. The lowest BCUT2D eigenvalue weighted by Crippen LogP contribution is -1.96. The second kappa shape index (κ2) is 6.11. The first kappa shape index (κ1) is 15.3. The van der Waals surface area contributed by atoms with Crippen molar-refractivity contribution in [3.63, 3.8) is 0 Å². The number of hydrogen-bond acceptors (Lipinski definition) is 4. The Kier molecular flexibility index (Phi) is 4.67. The van der Waals surface area contributed by atoms with Crippen molar-refractivity contribution in [3.8, 4) is 0 Å². The van der Waals surface area contributed by atoms with E-state index in [2.05, 4.69) is 15.9 Å². The number of hydrogen-bond donors (Lipinski definition) is 0. The third-order valence-electron chi connectivity index (χ3n) is 2.58. The van der Waals surface area contributed by atoms with Gasteiger partial charge in [-0.25, -0.2) is 8.42 Å². The van der Waals surface area contributed by atoms with Gasteiger partial charge in [0.1, 0.15) is 0 Å². The Morgan fingerprint density at radius 3 is 2.30 bits per heavy atom. The van der Waals surface area contributed by atoms with E-state index in [1.54, 1.807) is 30.3 Å². The highest BCUT2D eigenvalue weighted by atomic mass is 79.9. The van der Waals surface area contributed by atoms with Crippen molar-refractivity contribution in [2.75, 3.05) is 6.26 Å². The Labute approximate surface area is 130 Å². The fourth-order valence-electron chi connectivity index (χ4n) is 1.59. The Hall–Kier alpha value is -1.11. The first-order chi connectivity index (χ1) is 9.40. The van der Waals surface area contributed by atoms with Gasteiger partial charge in [-0.3, -0.25) is 4.79 Å². The van der Waals surface area contributed by atoms with E-state index in [1.165, 1.54) is 18.0 Å². The van der Waals surface area contributed by atoms with E-state index in [9.17, 15) is 13.2 Å². The summed E-state index contributed by atoms with van der Waals surface area (Å²) in [6.07, 6.45) is 1.98. The van der Waals surface area contributed by atoms with Crippen LogP contribution in [0.5, 0.6) is 0 Å². The molecule has 0 aliphatic heterocycles. The lowest BCUT2D eigenvalue weighted by Gasteiger charge is -2.06. The molecule has 0 fully saturated rings. The Morgan fingerprint density at radius 2 is 1.75 bits per heavy atom. The second-order valence-corrected chi connectivity index (χ2v) is 8.19. The van der Waals surface area contributed by atoms with Crippen LogP contribution in [0.3, 0.4) is 0 Å². The molecular formula is C14H11BrO3S2. The third kappa shape index (κ3) is 3.71. The molecule has 104 valence electrons. The molecule has 0 radical (unpaired) electrons. The average Bonchev–Trinajstić information content (AvgIpc) is 2.40. The molecule has 0 atom stereocenters. The monoisotopic (exact) mass is 370 g/mol. The van der Waals surface area contributed by atoms with Crippen LogP contribution in [-0.4, -0.2) is 21.0 Å². The molecule has 6 heteroatoms. The smallest absolute Gasteiger partial charge is 0.175 e. The summed E-state index contributed by atoms with van der Waals surface area (Å²) in [5, 5.41) is 0. The van der Waals surface area contributed by atoms with Crippen molar-refractivity contribution in [3.05, 3.63) is 52.5 Å². The van der Waals surface area contributed by atoms with E-state index < -0.39 is 9.84 Å². The van der Waals surface area contributed by atoms with Crippen molar-refractivity contribution in [1.82, 2.24) is 0 Å². The number of halogens is 1. The fourth-order valence-corrected chi connectivity index (χ4v) is 3.48. The lowest BCUT2D eigenvalue weighted by atomic mass is 10.2. The van der Waals surface area contributed by atoms with Gasteiger partial charge in [-0.05, 0) is 42.5 Å². The Balaban J connectivity index is 2.29. The van der Waals surface area contributed by atoms with Crippen LogP contribution in [0.4, 0.5) is 0 Å². The minimum Gasteiger partial charge on any atom is -0.298 e. The van der Waals surface area contributed by atoms with Crippen LogP contribution in [0.25, 0.3) is 0 Å². The standard InChI is InChI=1S/C14H11BrO3S2/c1-20(17,18)13-5-3-12(4-6-13)19-14-7-2-11(15)8-10(14)9-16/h2-9H,1H3. The first-order valence-corrected chi connectivity index (χ1v) is 9.13. The fraction of sp³-hybridized carbons (Fsp3) is 0.0714. The molecule has 0 N–H and O–H groups in total. The number of rotatable bonds is 4. The number of sulfone groups is 1. The minimum absolute atomic E-state index is 0.285. The van der Waals surface area contributed by atoms with Crippen LogP contribution < -0.4 is 0 Å². The van der Waals surface area contributed by atoms with Crippen LogP contribution in [0.2, 0.25) is 0 Å². The quantitative estimate of drug-likeness (QED) is 0.767. The van der Waals surface area contributed by atoms with E-state index in [0.717, 1.165) is 20.5 Å². The molecular weight excluding hydrogens is 360 g/mol. The van der Waals surface area contributed by atoms with E-state index >= 15 is 0 Å². The van der Waals surface area contributed by atoms with Gasteiger partial charge in [0.15, 0.2) is 16.1 Å². The van der Waals surface area contributed by atoms with Crippen molar-refractivity contribution in [2.45, 2.75) is 14.7 Å². The van der Waals surface area contributed by atoms with E-state index in [0.29, 0.717) is 5.56 Å². The summed E-state index contributed by atoms with van der Waals surface area (Å²) in [5.74, 6) is 0. The normalized spacial score (nSPS) is 11.3. The zero-order valence-electron chi connectivity index (χ0n) is 10.5. The summed E-state index contributed by atoms with van der Waals surface area (Å²) in [4.78, 5) is 13.0. The van der Waals surface area contributed by atoms with Gasteiger partial charge in [0, 0.05) is 26.1 Å². The third-order valence-corrected chi connectivity index (χ3v) is 5.30. The van der Waals surface area contributed by atoms with Crippen molar-refractivity contribution < 1.29 is 13.2 Å². The van der Waals surface area contributed by atoms with Crippen molar-refractivity contribution in [1.29, 1.82) is 0 Å². The topological polar surface area (TPSA) is 51.2 Å². The molecule has 0 unspecified atom stereocenters. The van der Waals surface area contributed by atoms with Gasteiger partial charge in [0.25, 0.3) is 0 Å². The maximum atomic E-state index is 11.4. The van der Waals surface area contributed by atoms with Crippen LogP contribution in [0.1, 0.15) is 10.4 Å². The molecule has 2 aromatic carbocycles. The number of aldehydes is 1. The highest BCUT2D eigenvalue weighted by Crippen LogP contribution is 2.31. The van der Waals surface area contributed by atoms with Crippen LogP contribution in [0, 0.1) is 0 Å². The van der Waals surface area contributed by atoms with Gasteiger partial charge in [-0.2, -0.15) is 0 Å². The molecule has 0 aromatic heterocycles. The highest BCUT2D eigenvalue weighted by Gasteiger charge is 2.08. The summed E-state index contributed by atoms with van der Waals surface area (Å²) in [5.41, 5.74) is 0.594. The average molecular weight is 371 g/mol. The molecule has 0 spiro atoms. The van der Waals surface area contributed by atoms with Crippen LogP contribution in [0.15, 0.2) is 61.6 Å². The van der Waals surface area contributed by atoms with Crippen molar-refractivity contribution >= 4 is 43.8 Å². The summed E-state index contributed by atoms with van der Waals surface area (Å²) in [7, 11) is -3.18. The molecule has 0 aliphatic carbocycles. The molecule has 0 amide bonds. The zero-order valence-corrected chi connectivity index (χ0v) is 13.8. The molecule has 2 rings (SSSR count). The number of carbonyl (C=O) groups is 1. The summed E-state index contributed by atoms with van der Waals surface area (Å²) >= 11 is 4.74. The zero-order chi connectivity index (χ0) is 14.8. The first-order valence-electron chi connectivity index (χ1n) is 5.63. The SMILES string of the molecule is CS(=O)(=O)c1ccc(Sc2ccc(Br)cc2C=O)cc1. The van der Waals surface area contributed by atoms with E-state index in [4.69, 9.17) is 0 Å². The van der Waals surface area contributed by atoms with Gasteiger partial charge in [-0.1, -0.05) is 27.7 Å². The molecule has 20 heavy (non-hydrogen) atoms. The van der Waals surface area contributed by atoms with Gasteiger partial charge < -0.3 is 0 Å². The van der Waals surface area contributed by atoms with Gasteiger partial charge in [0.05, 0.1) is 4.90 Å². The number of carbonyl (C=O) groups excluding carboxylic acids is 1. The molecule has 3 nitrogen and oxygen atoms in total. The molecule has 0 aliphatic rings. The molecule has 0 saturated heterocycles. The maximum absolute atomic E-state index is 11.4. The molecule has 2 aromatic rings. The summed E-state index contributed by atoms with van der Waals surface area (Å²) in [6.45, 7) is 0. The summed E-state index contributed by atoms with van der Waals surface area (Å²) in [6, 6.07) is 12.1. The highest BCUT2D eigenvalue weighted by molar-refractivity contribution is 9.10. The largest absolute Gasteiger partial charge is 0.298 e. The predicted octanol–water partition coefficient (Wildman–Crippen LogP) is 3.82. The second-order valence-electron chi connectivity index (χ2n) is 4.15. The summed E-state index contributed by atoms with van der Waals surface area (Å²) < 4.78 is 23.6. The van der Waals surface area contributed by atoms with Crippen molar-refractivity contribution in [2.24, 2.45) is 0 Å². The van der Waals surface area contributed by atoms with Gasteiger partial charge in [0.2, 0.25) is 0 Å². The Bertz CT molecular complexity index is 738. The van der Waals surface area contributed by atoms with Gasteiger partial charge in [-0.15, -0.1) is 0 Å².